The van der Waals surface area contributed by atoms with Crippen LogP contribution in [-0.2, 0) is 11.3 Å². The van der Waals surface area contributed by atoms with E-state index in [9.17, 15) is 4.79 Å². The molecule has 2 aromatic rings. The lowest BCUT2D eigenvalue weighted by molar-refractivity contribution is -0.145. The predicted octanol–water partition coefficient (Wildman–Crippen LogP) is 4.72. The molecule has 0 spiro atoms. The highest BCUT2D eigenvalue weighted by Crippen LogP contribution is 2.45. The minimum Gasteiger partial charge on any atom is -0.344 e. The Morgan fingerprint density at radius 2 is 1.94 bits per heavy atom. The van der Waals surface area contributed by atoms with Gasteiger partial charge in [-0.15, -0.1) is 0 Å². The first-order valence-corrected chi connectivity index (χ1v) is 12.6. The van der Waals surface area contributed by atoms with Gasteiger partial charge in [0.05, 0.1) is 0 Å². The number of carbonyl (C=O) groups excluding carboxylic acids is 1. The van der Waals surface area contributed by atoms with Crippen molar-refractivity contribution in [2.24, 2.45) is 11.8 Å². The standard InChI is InChI=1S/C28H35N3O/c1-20-6-2-7-21(16-20)18-30-15-4-9-24(30)17-22-11-12-26-25-10-5-14-29-13-3-8-23(27(25)29)19-31(26)28(22)32/h2,4,6-7,9,15-17,23,25-27H,3,5,8,10-14,18-19H2,1H3/b22-17+/t23-,25+,26+,27-/m0/s1. The molecule has 4 fully saturated rings. The molecule has 1 amide bonds. The molecule has 1 aromatic heterocycles. The van der Waals surface area contributed by atoms with Gasteiger partial charge in [-0.1, -0.05) is 29.8 Å². The highest BCUT2D eigenvalue weighted by Gasteiger charge is 2.51. The molecule has 6 rings (SSSR count). The van der Waals surface area contributed by atoms with E-state index in [4.69, 9.17) is 0 Å². The summed E-state index contributed by atoms with van der Waals surface area (Å²) >= 11 is 0. The predicted molar refractivity (Wildman–Crippen MR) is 128 cm³/mol. The topological polar surface area (TPSA) is 28.5 Å². The summed E-state index contributed by atoms with van der Waals surface area (Å²) in [4.78, 5) is 18.7. The smallest absolute Gasteiger partial charge is 0.250 e. The lowest BCUT2D eigenvalue weighted by atomic mass is 9.67. The van der Waals surface area contributed by atoms with E-state index >= 15 is 0 Å². The minimum atomic E-state index is 0.311. The number of hydrogen-bond acceptors (Lipinski definition) is 2. The number of nitrogens with zero attached hydrogens (tertiary/aromatic N) is 3. The van der Waals surface area contributed by atoms with E-state index in [-0.39, 0.29) is 0 Å². The molecular formula is C28H35N3O. The number of aromatic nitrogens is 1. The first-order valence-electron chi connectivity index (χ1n) is 12.6. The zero-order chi connectivity index (χ0) is 21.7. The van der Waals surface area contributed by atoms with Crippen LogP contribution in [0.15, 0.2) is 48.2 Å². The van der Waals surface area contributed by atoms with Crippen LogP contribution in [0, 0.1) is 18.8 Å². The largest absolute Gasteiger partial charge is 0.344 e. The maximum absolute atomic E-state index is 13.7. The van der Waals surface area contributed by atoms with Gasteiger partial charge in [-0.05, 0) is 94.1 Å². The Morgan fingerprint density at radius 3 is 2.81 bits per heavy atom. The molecule has 0 N–H and O–H groups in total. The van der Waals surface area contributed by atoms with Crippen molar-refractivity contribution in [1.82, 2.24) is 14.4 Å². The normalized spacial score (nSPS) is 31.5. The highest BCUT2D eigenvalue weighted by atomic mass is 16.2. The first kappa shape index (κ1) is 20.3. The lowest BCUT2D eigenvalue weighted by Crippen LogP contribution is -2.66. The van der Waals surface area contributed by atoms with Crippen LogP contribution in [-0.4, -0.2) is 52.0 Å². The van der Waals surface area contributed by atoms with Gasteiger partial charge in [0.2, 0.25) is 5.91 Å². The van der Waals surface area contributed by atoms with Crippen molar-refractivity contribution in [2.45, 2.75) is 64.1 Å². The van der Waals surface area contributed by atoms with Gasteiger partial charge in [0.15, 0.2) is 0 Å². The van der Waals surface area contributed by atoms with Crippen LogP contribution in [0.2, 0.25) is 0 Å². The van der Waals surface area contributed by atoms with E-state index in [1.807, 2.05) is 0 Å². The quantitative estimate of drug-likeness (QED) is 0.661. The van der Waals surface area contributed by atoms with Crippen LogP contribution in [0.5, 0.6) is 0 Å². The number of benzene rings is 1. The summed E-state index contributed by atoms with van der Waals surface area (Å²) < 4.78 is 2.27. The van der Waals surface area contributed by atoms with Crippen molar-refractivity contribution in [1.29, 1.82) is 0 Å². The molecule has 0 bridgehead atoms. The fourth-order valence-electron chi connectivity index (χ4n) is 7.22. The number of amides is 1. The number of rotatable bonds is 3. The van der Waals surface area contributed by atoms with Gasteiger partial charge in [0, 0.05) is 42.6 Å². The van der Waals surface area contributed by atoms with E-state index in [0.29, 0.717) is 23.8 Å². The summed E-state index contributed by atoms with van der Waals surface area (Å²) in [6.45, 7) is 6.52. The molecule has 0 unspecified atom stereocenters. The third-order valence-corrected chi connectivity index (χ3v) is 8.54. The van der Waals surface area contributed by atoms with E-state index in [0.717, 1.165) is 43.2 Å². The summed E-state index contributed by atoms with van der Waals surface area (Å²) in [5, 5.41) is 0. The second-order valence-electron chi connectivity index (χ2n) is 10.5. The molecule has 4 aliphatic heterocycles. The monoisotopic (exact) mass is 429 g/mol. The maximum Gasteiger partial charge on any atom is 0.250 e. The van der Waals surface area contributed by atoms with Crippen molar-refractivity contribution in [3.05, 3.63) is 65.0 Å². The molecule has 5 heterocycles. The summed E-state index contributed by atoms with van der Waals surface area (Å²) in [5.74, 6) is 1.68. The molecule has 32 heavy (non-hydrogen) atoms. The molecular weight excluding hydrogens is 394 g/mol. The molecule has 0 saturated carbocycles. The molecule has 4 aliphatic rings. The molecule has 4 saturated heterocycles. The lowest BCUT2D eigenvalue weighted by Gasteiger charge is -2.58. The van der Waals surface area contributed by atoms with Gasteiger partial charge < -0.3 is 9.47 Å². The average molecular weight is 430 g/mol. The maximum atomic E-state index is 13.7. The molecule has 1 aromatic carbocycles. The van der Waals surface area contributed by atoms with Crippen molar-refractivity contribution in [2.75, 3.05) is 19.6 Å². The van der Waals surface area contributed by atoms with E-state index in [2.05, 4.69) is 70.0 Å². The van der Waals surface area contributed by atoms with Gasteiger partial charge in [-0.25, -0.2) is 0 Å². The average Bonchev–Trinajstić information content (AvgIpc) is 3.23. The SMILES string of the molecule is Cc1cccc(Cn2cccc2/C=C2\CC[C@@H]3[C@H]4CCCN5CCC[C@@H](CN3C2=O)[C@@H]45)c1. The zero-order valence-corrected chi connectivity index (χ0v) is 19.2. The highest BCUT2D eigenvalue weighted by molar-refractivity contribution is 5.98. The van der Waals surface area contributed by atoms with Crippen LogP contribution in [0.25, 0.3) is 6.08 Å². The van der Waals surface area contributed by atoms with Crippen LogP contribution in [0.1, 0.15) is 55.3 Å². The summed E-state index contributed by atoms with van der Waals surface area (Å²) in [7, 11) is 0. The van der Waals surface area contributed by atoms with Crippen molar-refractivity contribution in [3.8, 4) is 0 Å². The van der Waals surface area contributed by atoms with Crippen LogP contribution in [0.3, 0.4) is 0 Å². The second-order valence-corrected chi connectivity index (χ2v) is 10.5. The van der Waals surface area contributed by atoms with Crippen molar-refractivity contribution in [3.63, 3.8) is 0 Å². The molecule has 4 heteroatoms. The fourth-order valence-corrected chi connectivity index (χ4v) is 7.22. The van der Waals surface area contributed by atoms with Crippen molar-refractivity contribution < 1.29 is 4.79 Å². The van der Waals surface area contributed by atoms with Gasteiger partial charge >= 0.3 is 0 Å². The molecule has 0 radical (unpaired) electrons. The van der Waals surface area contributed by atoms with E-state index in [1.165, 1.54) is 49.9 Å². The summed E-state index contributed by atoms with van der Waals surface area (Å²) in [6.07, 6.45) is 11.6. The van der Waals surface area contributed by atoms with Gasteiger partial charge in [-0.3, -0.25) is 9.69 Å². The molecule has 4 nitrogen and oxygen atoms in total. The van der Waals surface area contributed by atoms with Crippen LogP contribution < -0.4 is 0 Å². The Hall–Kier alpha value is -2.33. The first-order chi connectivity index (χ1) is 15.7. The third-order valence-electron chi connectivity index (χ3n) is 8.54. The summed E-state index contributed by atoms with van der Waals surface area (Å²) in [6, 6.07) is 14.1. The number of hydrogen-bond donors (Lipinski definition) is 0. The fraction of sp³-hybridized carbons (Fsp3) is 0.536. The molecule has 0 aliphatic carbocycles. The second kappa shape index (κ2) is 8.22. The van der Waals surface area contributed by atoms with Gasteiger partial charge in [0.25, 0.3) is 0 Å². The Morgan fingerprint density at radius 1 is 1.06 bits per heavy atom. The Labute approximate surface area is 191 Å². The molecule has 4 atom stereocenters. The Kier molecular flexibility index (Phi) is 5.21. The van der Waals surface area contributed by atoms with Crippen molar-refractivity contribution >= 4 is 12.0 Å². The number of fused-ring (bicyclic) bond motifs is 2. The van der Waals surface area contributed by atoms with Gasteiger partial charge in [-0.2, -0.15) is 0 Å². The van der Waals surface area contributed by atoms with Crippen LogP contribution >= 0.6 is 0 Å². The number of aryl methyl sites for hydroxylation is 1. The Balaban J connectivity index is 1.24. The number of carbonyl (C=O) groups is 1. The minimum absolute atomic E-state index is 0.311. The molecule has 168 valence electrons. The van der Waals surface area contributed by atoms with E-state index in [1.54, 1.807) is 0 Å². The van der Waals surface area contributed by atoms with Crippen LogP contribution in [0.4, 0.5) is 0 Å². The summed E-state index contributed by atoms with van der Waals surface area (Å²) in [5.41, 5.74) is 4.74. The third kappa shape index (κ3) is 3.53. The zero-order valence-electron chi connectivity index (χ0n) is 19.2. The van der Waals surface area contributed by atoms with Gasteiger partial charge in [0.1, 0.15) is 0 Å². The Bertz CT molecular complexity index is 1030. The van der Waals surface area contributed by atoms with E-state index < -0.39 is 0 Å². The number of piperidine rings is 4.